The summed E-state index contributed by atoms with van der Waals surface area (Å²) >= 11 is 0. The van der Waals surface area contributed by atoms with Crippen LogP contribution in [0.4, 0.5) is 0 Å². The summed E-state index contributed by atoms with van der Waals surface area (Å²) < 4.78 is 1.91. The molecule has 0 spiro atoms. The number of aromatic nitrogens is 6. The molecule has 136 valence electrons. The van der Waals surface area contributed by atoms with Gasteiger partial charge in [-0.25, -0.2) is 4.98 Å². The number of hydrogen-bond donors (Lipinski definition) is 1. The highest BCUT2D eigenvalue weighted by Crippen LogP contribution is 2.20. The van der Waals surface area contributed by atoms with E-state index in [9.17, 15) is 4.79 Å². The van der Waals surface area contributed by atoms with E-state index in [1.807, 2.05) is 60.0 Å². The van der Waals surface area contributed by atoms with Gasteiger partial charge in [0, 0.05) is 19.2 Å². The second-order valence-electron chi connectivity index (χ2n) is 6.45. The van der Waals surface area contributed by atoms with E-state index < -0.39 is 0 Å². The molecule has 2 aromatic carbocycles. The van der Waals surface area contributed by atoms with Crippen molar-refractivity contribution in [3.8, 4) is 11.4 Å². The molecule has 1 atom stereocenters. The molecular formula is C19H19N7O. The van der Waals surface area contributed by atoms with Crippen LogP contribution in [0.5, 0.6) is 0 Å². The minimum absolute atomic E-state index is 0.0168. The number of nitrogens with zero attached hydrogens (tertiary/aromatic N) is 6. The number of fused-ring (bicyclic) bond motifs is 1. The summed E-state index contributed by atoms with van der Waals surface area (Å²) in [5, 5.41) is 14.0. The van der Waals surface area contributed by atoms with Crippen LogP contribution in [-0.4, -0.2) is 48.0 Å². The standard InChI is InChI=1S/C19H19N7O/c1-13(26-12-20-16-8-3-4-9-17(16)26)19(27)25(2)11-14-6-5-7-15(10-14)18-21-23-24-22-18/h3-10,12-13H,11H2,1-2H3,(H,21,22,23,24)/t13-/m0/s1. The van der Waals surface area contributed by atoms with Gasteiger partial charge in [0.05, 0.1) is 17.4 Å². The van der Waals surface area contributed by atoms with Crippen LogP contribution in [0.3, 0.4) is 0 Å². The van der Waals surface area contributed by atoms with Crippen LogP contribution in [0.2, 0.25) is 0 Å². The number of rotatable bonds is 5. The van der Waals surface area contributed by atoms with E-state index in [0.29, 0.717) is 12.4 Å². The normalized spacial score (nSPS) is 12.2. The third kappa shape index (κ3) is 3.29. The number of hydrogen-bond acceptors (Lipinski definition) is 5. The van der Waals surface area contributed by atoms with Gasteiger partial charge in [-0.3, -0.25) is 4.79 Å². The summed E-state index contributed by atoms with van der Waals surface area (Å²) in [5.74, 6) is 0.548. The molecule has 4 aromatic rings. The first-order valence-electron chi connectivity index (χ1n) is 8.63. The lowest BCUT2D eigenvalue weighted by Gasteiger charge is -2.23. The van der Waals surface area contributed by atoms with Gasteiger partial charge in [-0.2, -0.15) is 5.21 Å². The average molecular weight is 361 g/mol. The molecule has 0 aliphatic heterocycles. The number of H-pyrrole nitrogens is 1. The van der Waals surface area contributed by atoms with Gasteiger partial charge in [-0.15, -0.1) is 10.2 Å². The van der Waals surface area contributed by atoms with Gasteiger partial charge in [-0.05, 0) is 35.9 Å². The van der Waals surface area contributed by atoms with Crippen LogP contribution in [0.25, 0.3) is 22.4 Å². The van der Waals surface area contributed by atoms with Gasteiger partial charge in [-0.1, -0.05) is 30.3 Å². The van der Waals surface area contributed by atoms with Crippen molar-refractivity contribution in [1.82, 2.24) is 35.1 Å². The van der Waals surface area contributed by atoms with Gasteiger partial charge < -0.3 is 9.47 Å². The number of nitrogens with one attached hydrogen (secondary N) is 1. The third-order valence-electron chi connectivity index (χ3n) is 4.58. The number of carbonyl (C=O) groups is 1. The van der Waals surface area contributed by atoms with Gasteiger partial charge in [0.1, 0.15) is 6.04 Å². The van der Waals surface area contributed by atoms with Crippen molar-refractivity contribution in [3.05, 3.63) is 60.4 Å². The Morgan fingerprint density at radius 1 is 1.22 bits per heavy atom. The molecule has 0 unspecified atom stereocenters. The highest BCUT2D eigenvalue weighted by Gasteiger charge is 2.21. The lowest BCUT2D eigenvalue weighted by atomic mass is 10.1. The highest BCUT2D eigenvalue weighted by atomic mass is 16.2. The Balaban J connectivity index is 1.52. The van der Waals surface area contributed by atoms with Crippen LogP contribution in [0.1, 0.15) is 18.5 Å². The molecule has 4 rings (SSSR count). The molecule has 27 heavy (non-hydrogen) atoms. The zero-order chi connectivity index (χ0) is 18.8. The lowest BCUT2D eigenvalue weighted by Crippen LogP contribution is -2.32. The fraction of sp³-hybridized carbons (Fsp3) is 0.211. The topological polar surface area (TPSA) is 92.6 Å². The van der Waals surface area contributed by atoms with Crippen molar-refractivity contribution in [2.45, 2.75) is 19.5 Å². The summed E-state index contributed by atoms with van der Waals surface area (Å²) in [6.45, 7) is 2.38. The Bertz CT molecular complexity index is 1070. The monoisotopic (exact) mass is 361 g/mol. The maximum Gasteiger partial charge on any atom is 0.245 e. The molecular weight excluding hydrogens is 342 g/mol. The number of carbonyl (C=O) groups excluding carboxylic acids is 1. The maximum atomic E-state index is 12.9. The first kappa shape index (κ1) is 16.9. The summed E-state index contributed by atoms with van der Waals surface area (Å²) in [4.78, 5) is 19.0. The number of amides is 1. The Hall–Kier alpha value is -3.55. The zero-order valence-electron chi connectivity index (χ0n) is 15.1. The molecule has 0 aliphatic carbocycles. The molecule has 1 amide bonds. The van der Waals surface area contributed by atoms with Crippen LogP contribution < -0.4 is 0 Å². The summed E-state index contributed by atoms with van der Waals surface area (Å²) in [7, 11) is 1.80. The number of tetrazole rings is 1. The molecule has 2 aromatic heterocycles. The van der Waals surface area contributed by atoms with E-state index >= 15 is 0 Å². The predicted octanol–water partition coefficient (Wildman–Crippen LogP) is 2.44. The minimum Gasteiger partial charge on any atom is -0.340 e. The Morgan fingerprint density at radius 3 is 2.89 bits per heavy atom. The second-order valence-corrected chi connectivity index (χ2v) is 6.45. The van der Waals surface area contributed by atoms with Crippen molar-refractivity contribution in [3.63, 3.8) is 0 Å². The van der Waals surface area contributed by atoms with Gasteiger partial charge >= 0.3 is 0 Å². The smallest absolute Gasteiger partial charge is 0.245 e. The quantitative estimate of drug-likeness (QED) is 0.589. The lowest BCUT2D eigenvalue weighted by molar-refractivity contribution is -0.133. The number of likely N-dealkylation sites (N-methyl/N-ethyl adjacent to an activating group) is 1. The van der Waals surface area contributed by atoms with Crippen LogP contribution in [0.15, 0.2) is 54.9 Å². The van der Waals surface area contributed by atoms with E-state index in [1.54, 1.807) is 18.3 Å². The Kier molecular flexibility index (Phi) is 4.37. The second kappa shape index (κ2) is 6.99. The van der Waals surface area contributed by atoms with E-state index in [0.717, 1.165) is 22.2 Å². The first-order valence-corrected chi connectivity index (χ1v) is 8.63. The van der Waals surface area contributed by atoms with Crippen LogP contribution >= 0.6 is 0 Å². The summed E-state index contributed by atoms with van der Waals surface area (Å²) in [6.07, 6.45) is 1.72. The average Bonchev–Trinajstić information content (AvgIpc) is 3.37. The summed E-state index contributed by atoms with van der Waals surface area (Å²) in [5.41, 5.74) is 3.69. The molecule has 0 aliphatic rings. The molecule has 8 heteroatoms. The molecule has 0 saturated heterocycles. The van der Waals surface area contributed by atoms with Crippen LogP contribution in [0, 0.1) is 0 Å². The number of imidazole rings is 1. The molecule has 8 nitrogen and oxygen atoms in total. The van der Waals surface area contributed by atoms with Crippen molar-refractivity contribution < 1.29 is 4.79 Å². The molecule has 2 heterocycles. The van der Waals surface area contributed by atoms with Crippen LogP contribution in [-0.2, 0) is 11.3 Å². The molecule has 0 radical (unpaired) electrons. The Labute approximate surface area is 155 Å². The zero-order valence-corrected chi connectivity index (χ0v) is 15.1. The number of benzene rings is 2. The third-order valence-corrected chi connectivity index (χ3v) is 4.58. The van der Waals surface area contributed by atoms with Crippen molar-refractivity contribution in [2.24, 2.45) is 0 Å². The summed E-state index contributed by atoms with van der Waals surface area (Å²) in [6, 6.07) is 15.2. The maximum absolute atomic E-state index is 12.9. The fourth-order valence-electron chi connectivity index (χ4n) is 3.17. The molecule has 0 fully saturated rings. The largest absolute Gasteiger partial charge is 0.340 e. The molecule has 1 N–H and O–H groups in total. The number of aromatic amines is 1. The predicted molar refractivity (Wildman–Crippen MR) is 101 cm³/mol. The highest BCUT2D eigenvalue weighted by molar-refractivity contribution is 5.83. The number of para-hydroxylation sites is 2. The van der Waals surface area contributed by atoms with Crippen molar-refractivity contribution in [1.29, 1.82) is 0 Å². The van der Waals surface area contributed by atoms with E-state index in [-0.39, 0.29) is 11.9 Å². The van der Waals surface area contributed by atoms with E-state index in [4.69, 9.17) is 0 Å². The SMILES string of the molecule is C[C@@H](C(=O)N(C)Cc1cccc(-c2nn[nH]n2)c1)n1cnc2ccccc21. The Morgan fingerprint density at radius 2 is 2.07 bits per heavy atom. The fourth-order valence-corrected chi connectivity index (χ4v) is 3.17. The van der Waals surface area contributed by atoms with Gasteiger partial charge in [0.2, 0.25) is 11.7 Å². The molecule has 0 bridgehead atoms. The van der Waals surface area contributed by atoms with E-state index in [2.05, 4.69) is 25.6 Å². The van der Waals surface area contributed by atoms with Crippen molar-refractivity contribution in [2.75, 3.05) is 7.05 Å². The van der Waals surface area contributed by atoms with E-state index in [1.165, 1.54) is 0 Å². The molecule has 0 saturated carbocycles. The first-order chi connectivity index (χ1) is 13.1. The van der Waals surface area contributed by atoms with Gasteiger partial charge in [0.25, 0.3) is 0 Å². The van der Waals surface area contributed by atoms with Crippen molar-refractivity contribution >= 4 is 16.9 Å². The van der Waals surface area contributed by atoms with Gasteiger partial charge in [0.15, 0.2) is 0 Å². The minimum atomic E-state index is -0.345.